The highest BCUT2D eigenvalue weighted by Gasteiger charge is 2.08. The van der Waals surface area contributed by atoms with Gasteiger partial charge in [0, 0.05) is 14.0 Å². The SMILES string of the molecule is CNC(=S)[C@H](C)OC(C)=O. The quantitative estimate of drug-likeness (QED) is 0.472. The molecule has 3 nitrogen and oxygen atoms in total. The van der Waals surface area contributed by atoms with E-state index in [4.69, 9.17) is 17.0 Å². The lowest BCUT2D eigenvalue weighted by Crippen LogP contribution is -2.31. The molecule has 0 unspecified atom stereocenters. The maximum absolute atomic E-state index is 10.4. The van der Waals surface area contributed by atoms with Crippen LogP contribution in [-0.4, -0.2) is 24.1 Å². The lowest BCUT2D eigenvalue weighted by Gasteiger charge is -2.11. The topological polar surface area (TPSA) is 38.3 Å². The van der Waals surface area contributed by atoms with Gasteiger partial charge in [0.25, 0.3) is 0 Å². The minimum atomic E-state index is -0.322. The molecule has 0 bridgehead atoms. The molecular weight excluding hydrogens is 150 g/mol. The number of ether oxygens (including phenoxy) is 1. The van der Waals surface area contributed by atoms with E-state index in [0.29, 0.717) is 4.99 Å². The molecule has 0 amide bonds. The minimum Gasteiger partial charge on any atom is -0.456 e. The largest absolute Gasteiger partial charge is 0.456 e. The summed E-state index contributed by atoms with van der Waals surface area (Å²) in [5.41, 5.74) is 0. The zero-order valence-electron chi connectivity index (χ0n) is 6.30. The summed E-state index contributed by atoms with van der Waals surface area (Å²) in [5, 5.41) is 2.72. The van der Waals surface area contributed by atoms with Gasteiger partial charge in [-0.05, 0) is 6.92 Å². The average Bonchev–Trinajstić information content (AvgIpc) is 1.85. The normalized spacial score (nSPS) is 11.9. The van der Waals surface area contributed by atoms with Crippen LogP contribution in [0.3, 0.4) is 0 Å². The first-order valence-corrected chi connectivity index (χ1v) is 3.37. The van der Waals surface area contributed by atoms with E-state index < -0.39 is 0 Å². The van der Waals surface area contributed by atoms with Crippen LogP contribution in [0.4, 0.5) is 0 Å². The Bertz CT molecular complexity index is 147. The summed E-state index contributed by atoms with van der Waals surface area (Å²) in [4.78, 5) is 10.9. The summed E-state index contributed by atoms with van der Waals surface area (Å²) >= 11 is 4.81. The fourth-order valence-electron chi connectivity index (χ4n) is 0.506. The number of thiocarbonyl (C=S) groups is 1. The third kappa shape index (κ3) is 3.40. The van der Waals surface area contributed by atoms with Gasteiger partial charge in [-0.1, -0.05) is 12.2 Å². The molecule has 0 fully saturated rings. The molecule has 0 spiro atoms. The zero-order chi connectivity index (χ0) is 8.15. The molecule has 1 atom stereocenters. The van der Waals surface area contributed by atoms with E-state index in [-0.39, 0.29) is 12.1 Å². The fraction of sp³-hybridized carbons (Fsp3) is 0.667. The lowest BCUT2D eigenvalue weighted by molar-refractivity contribution is -0.142. The Hall–Kier alpha value is -0.640. The van der Waals surface area contributed by atoms with Crippen molar-refractivity contribution < 1.29 is 9.53 Å². The zero-order valence-corrected chi connectivity index (χ0v) is 7.12. The van der Waals surface area contributed by atoms with Gasteiger partial charge in [-0.2, -0.15) is 0 Å². The fourth-order valence-corrected chi connectivity index (χ4v) is 0.554. The molecule has 0 aliphatic heterocycles. The summed E-state index contributed by atoms with van der Waals surface area (Å²) < 4.78 is 4.76. The lowest BCUT2D eigenvalue weighted by atomic mass is 10.4. The Morgan fingerprint density at radius 3 is 2.50 bits per heavy atom. The van der Waals surface area contributed by atoms with Gasteiger partial charge in [0.05, 0.1) is 0 Å². The molecule has 4 heteroatoms. The summed E-state index contributed by atoms with van der Waals surface area (Å²) in [6.45, 7) is 3.08. The third-order valence-corrected chi connectivity index (χ3v) is 1.49. The van der Waals surface area contributed by atoms with E-state index in [0.717, 1.165) is 0 Å². The van der Waals surface area contributed by atoms with E-state index in [1.54, 1.807) is 14.0 Å². The Morgan fingerprint density at radius 2 is 2.20 bits per heavy atom. The first-order chi connectivity index (χ1) is 4.57. The second-order valence-corrected chi connectivity index (χ2v) is 2.31. The minimum absolute atomic E-state index is 0.315. The van der Waals surface area contributed by atoms with E-state index in [1.807, 2.05) is 0 Å². The summed E-state index contributed by atoms with van der Waals surface area (Å²) in [5.74, 6) is -0.315. The molecule has 0 aromatic carbocycles. The predicted molar refractivity (Wildman–Crippen MR) is 42.9 cm³/mol. The van der Waals surface area contributed by atoms with Crippen LogP contribution in [0, 0.1) is 0 Å². The van der Waals surface area contributed by atoms with Crippen molar-refractivity contribution in [3.8, 4) is 0 Å². The van der Waals surface area contributed by atoms with Gasteiger partial charge in [0.2, 0.25) is 0 Å². The van der Waals surface area contributed by atoms with Crippen LogP contribution >= 0.6 is 12.2 Å². The molecule has 1 N–H and O–H groups in total. The average molecular weight is 161 g/mol. The first-order valence-electron chi connectivity index (χ1n) is 2.96. The van der Waals surface area contributed by atoms with Gasteiger partial charge in [0.1, 0.15) is 11.1 Å². The second kappa shape index (κ2) is 4.22. The summed E-state index contributed by atoms with van der Waals surface area (Å²) in [6.07, 6.45) is -0.322. The highest BCUT2D eigenvalue weighted by atomic mass is 32.1. The van der Waals surface area contributed by atoms with Crippen molar-refractivity contribution in [1.29, 1.82) is 0 Å². The van der Waals surface area contributed by atoms with Crippen molar-refractivity contribution in [2.24, 2.45) is 0 Å². The van der Waals surface area contributed by atoms with Crippen molar-refractivity contribution in [1.82, 2.24) is 5.32 Å². The Labute approximate surface area is 65.7 Å². The highest BCUT2D eigenvalue weighted by molar-refractivity contribution is 7.80. The van der Waals surface area contributed by atoms with Gasteiger partial charge < -0.3 is 10.1 Å². The molecule has 58 valence electrons. The number of esters is 1. The van der Waals surface area contributed by atoms with Crippen LogP contribution in [0.25, 0.3) is 0 Å². The van der Waals surface area contributed by atoms with Crippen molar-refractivity contribution in [2.45, 2.75) is 20.0 Å². The third-order valence-electron chi connectivity index (χ3n) is 0.958. The van der Waals surface area contributed by atoms with Crippen LogP contribution in [0.1, 0.15) is 13.8 Å². The monoisotopic (exact) mass is 161 g/mol. The highest BCUT2D eigenvalue weighted by Crippen LogP contribution is 1.92. The molecule has 10 heavy (non-hydrogen) atoms. The summed E-state index contributed by atoms with van der Waals surface area (Å²) in [7, 11) is 1.70. The molecule has 0 rings (SSSR count). The van der Waals surface area contributed by atoms with Gasteiger partial charge in [-0.25, -0.2) is 0 Å². The van der Waals surface area contributed by atoms with Gasteiger partial charge in [-0.3, -0.25) is 4.79 Å². The van der Waals surface area contributed by atoms with E-state index in [1.165, 1.54) is 6.92 Å². The standard InChI is InChI=1S/C6H11NO2S/c1-4(6(10)7-3)9-5(2)8/h4H,1-3H3,(H,7,10)/t4-/m0/s1. The number of carbonyl (C=O) groups is 1. The van der Waals surface area contributed by atoms with Gasteiger partial charge in [0.15, 0.2) is 0 Å². The van der Waals surface area contributed by atoms with Crippen molar-refractivity contribution in [3.05, 3.63) is 0 Å². The van der Waals surface area contributed by atoms with Crippen molar-refractivity contribution >= 4 is 23.2 Å². The molecule has 0 aromatic rings. The molecule has 0 saturated carbocycles. The number of hydrogen-bond donors (Lipinski definition) is 1. The van der Waals surface area contributed by atoms with Crippen LogP contribution in [-0.2, 0) is 9.53 Å². The van der Waals surface area contributed by atoms with Crippen LogP contribution < -0.4 is 5.32 Å². The molecule has 0 aliphatic carbocycles. The molecule has 0 aliphatic rings. The predicted octanol–water partition coefficient (Wildman–Crippen LogP) is 0.485. The van der Waals surface area contributed by atoms with Crippen LogP contribution in [0.2, 0.25) is 0 Å². The molecule has 0 saturated heterocycles. The number of carbonyl (C=O) groups excluding carboxylic acids is 1. The number of nitrogens with one attached hydrogen (secondary N) is 1. The van der Waals surface area contributed by atoms with E-state index >= 15 is 0 Å². The van der Waals surface area contributed by atoms with Crippen LogP contribution in [0.15, 0.2) is 0 Å². The maximum atomic E-state index is 10.4. The first kappa shape index (κ1) is 9.36. The molecule has 0 aromatic heterocycles. The number of rotatable bonds is 2. The molecule has 0 radical (unpaired) electrons. The van der Waals surface area contributed by atoms with Gasteiger partial charge in [-0.15, -0.1) is 0 Å². The van der Waals surface area contributed by atoms with Crippen molar-refractivity contribution in [3.63, 3.8) is 0 Å². The Kier molecular flexibility index (Phi) is 3.95. The molecular formula is C6H11NO2S. The Balaban J connectivity index is 3.72. The van der Waals surface area contributed by atoms with Crippen LogP contribution in [0.5, 0.6) is 0 Å². The molecule has 0 heterocycles. The summed E-state index contributed by atoms with van der Waals surface area (Å²) in [6, 6.07) is 0. The van der Waals surface area contributed by atoms with Crippen molar-refractivity contribution in [2.75, 3.05) is 7.05 Å². The number of hydrogen-bond acceptors (Lipinski definition) is 3. The smallest absolute Gasteiger partial charge is 0.303 e. The maximum Gasteiger partial charge on any atom is 0.303 e. The van der Waals surface area contributed by atoms with E-state index in [9.17, 15) is 4.79 Å². The van der Waals surface area contributed by atoms with Gasteiger partial charge >= 0.3 is 5.97 Å². The second-order valence-electron chi connectivity index (χ2n) is 1.87. The number of likely N-dealkylation sites (N-methyl/N-ethyl adjacent to an activating group) is 1. The van der Waals surface area contributed by atoms with E-state index in [2.05, 4.69) is 5.32 Å². The Morgan fingerprint density at radius 1 is 1.70 bits per heavy atom.